The van der Waals surface area contributed by atoms with Crippen molar-refractivity contribution in [2.24, 2.45) is 0 Å². The number of rotatable bonds is 2. The van der Waals surface area contributed by atoms with Gasteiger partial charge in [-0.05, 0) is 30.7 Å². The zero-order chi connectivity index (χ0) is 9.80. The Balaban J connectivity index is 0.00000112. The van der Waals surface area contributed by atoms with E-state index in [2.05, 4.69) is 5.32 Å². The topological polar surface area (TPSA) is 21.3 Å². The number of benzene rings is 1. The third kappa shape index (κ3) is 3.99. The van der Waals surface area contributed by atoms with Crippen molar-refractivity contribution < 1.29 is 4.74 Å². The molecule has 1 N–H and O–H groups in total. The summed E-state index contributed by atoms with van der Waals surface area (Å²) in [5, 5.41) is 4.11. The first-order valence-corrected chi connectivity index (χ1v) is 5.32. The lowest BCUT2D eigenvalue weighted by molar-refractivity contribution is 0.00195. The molecule has 2 rings (SSSR count). The average molecular weight is 248 g/mol. The van der Waals surface area contributed by atoms with Crippen LogP contribution in [0.5, 0.6) is 0 Å². The van der Waals surface area contributed by atoms with Gasteiger partial charge in [-0.15, -0.1) is 12.4 Å². The molecule has 0 bridgehead atoms. The van der Waals surface area contributed by atoms with Crippen LogP contribution >= 0.6 is 24.0 Å². The van der Waals surface area contributed by atoms with Crippen molar-refractivity contribution in [2.45, 2.75) is 19.1 Å². The van der Waals surface area contributed by atoms with Crippen molar-refractivity contribution in [3.05, 3.63) is 34.9 Å². The van der Waals surface area contributed by atoms with E-state index in [0.29, 0.717) is 0 Å². The highest BCUT2D eigenvalue weighted by Gasteiger charge is 2.12. The van der Waals surface area contributed by atoms with E-state index in [4.69, 9.17) is 16.3 Å². The Morgan fingerprint density at radius 3 is 2.67 bits per heavy atom. The van der Waals surface area contributed by atoms with Crippen molar-refractivity contribution in [3.8, 4) is 0 Å². The summed E-state index contributed by atoms with van der Waals surface area (Å²) in [6, 6.07) is 7.92. The number of nitrogens with one attached hydrogen (secondary N) is 1. The highest BCUT2D eigenvalue weighted by molar-refractivity contribution is 6.30. The number of halogens is 2. The van der Waals surface area contributed by atoms with Crippen LogP contribution < -0.4 is 5.32 Å². The molecule has 1 aromatic carbocycles. The van der Waals surface area contributed by atoms with Crippen molar-refractivity contribution in [1.82, 2.24) is 5.32 Å². The van der Waals surface area contributed by atoms with Crippen LogP contribution in [0.15, 0.2) is 24.3 Å². The summed E-state index contributed by atoms with van der Waals surface area (Å²) < 4.78 is 5.57. The minimum Gasteiger partial charge on any atom is -0.363 e. The average Bonchev–Trinajstić information content (AvgIpc) is 2.23. The van der Waals surface area contributed by atoms with Crippen LogP contribution in [0.2, 0.25) is 5.02 Å². The van der Waals surface area contributed by atoms with Crippen LogP contribution in [0.4, 0.5) is 0 Å². The van der Waals surface area contributed by atoms with E-state index in [1.165, 1.54) is 5.56 Å². The van der Waals surface area contributed by atoms with Gasteiger partial charge in [0.15, 0.2) is 0 Å². The first kappa shape index (κ1) is 12.8. The SMILES string of the molecule is Cl.Clc1ccc(CC2NCCCO2)cc1. The molecule has 1 aromatic rings. The maximum atomic E-state index is 5.81. The Kier molecular flexibility index (Phi) is 5.40. The van der Waals surface area contributed by atoms with Gasteiger partial charge in [0.1, 0.15) is 6.23 Å². The third-order valence-corrected chi connectivity index (χ3v) is 2.60. The summed E-state index contributed by atoms with van der Waals surface area (Å²) in [6.07, 6.45) is 2.19. The molecule has 0 aromatic heterocycles. The lowest BCUT2D eigenvalue weighted by atomic mass is 10.1. The molecule has 1 fully saturated rings. The second-order valence-electron chi connectivity index (χ2n) is 3.50. The fourth-order valence-electron chi connectivity index (χ4n) is 1.59. The molecule has 0 aliphatic carbocycles. The van der Waals surface area contributed by atoms with E-state index in [1.807, 2.05) is 24.3 Å². The molecule has 0 saturated carbocycles. The summed E-state index contributed by atoms with van der Waals surface area (Å²) in [5.41, 5.74) is 1.26. The second-order valence-corrected chi connectivity index (χ2v) is 3.93. The maximum absolute atomic E-state index is 5.81. The molecule has 0 spiro atoms. The summed E-state index contributed by atoms with van der Waals surface area (Å²) >= 11 is 5.81. The molecule has 1 aliphatic heterocycles. The molecule has 1 atom stereocenters. The minimum absolute atomic E-state index is 0. The fourth-order valence-corrected chi connectivity index (χ4v) is 1.71. The lowest BCUT2D eigenvalue weighted by Crippen LogP contribution is -2.39. The Labute approximate surface area is 101 Å². The second kappa shape index (κ2) is 6.33. The molecule has 1 saturated heterocycles. The molecule has 84 valence electrons. The summed E-state index contributed by atoms with van der Waals surface area (Å²) in [5.74, 6) is 0. The zero-order valence-corrected chi connectivity index (χ0v) is 9.98. The Morgan fingerprint density at radius 2 is 2.07 bits per heavy atom. The van der Waals surface area contributed by atoms with Gasteiger partial charge in [0.2, 0.25) is 0 Å². The monoisotopic (exact) mass is 247 g/mol. The molecule has 1 unspecified atom stereocenters. The molecule has 0 amide bonds. The van der Waals surface area contributed by atoms with E-state index in [1.54, 1.807) is 0 Å². The number of hydrogen-bond donors (Lipinski definition) is 1. The highest BCUT2D eigenvalue weighted by Crippen LogP contribution is 2.12. The van der Waals surface area contributed by atoms with Gasteiger partial charge in [0.05, 0.1) is 0 Å². The highest BCUT2D eigenvalue weighted by atomic mass is 35.5. The van der Waals surface area contributed by atoms with E-state index in [0.717, 1.165) is 31.0 Å². The number of hydrogen-bond acceptors (Lipinski definition) is 2. The Bertz CT molecular complexity index is 283. The minimum atomic E-state index is 0. The molecule has 0 radical (unpaired) electrons. The van der Waals surface area contributed by atoms with Crippen LogP contribution in [-0.2, 0) is 11.2 Å². The largest absolute Gasteiger partial charge is 0.363 e. The summed E-state index contributed by atoms with van der Waals surface area (Å²) in [7, 11) is 0. The fraction of sp³-hybridized carbons (Fsp3) is 0.455. The Hall–Kier alpha value is -0.280. The van der Waals surface area contributed by atoms with Gasteiger partial charge in [-0.3, -0.25) is 5.32 Å². The molecular formula is C11H15Cl2NO. The van der Waals surface area contributed by atoms with E-state index < -0.39 is 0 Å². The van der Waals surface area contributed by atoms with Crippen molar-refractivity contribution in [2.75, 3.05) is 13.2 Å². The standard InChI is InChI=1S/C11H14ClNO.ClH/c12-10-4-2-9(3-5-10)8-11-13-6-1-7-14-11;/h2-5,11,13H,1,6-8H2;1H. The van der Waals surface area contributed by atoms with Crippen LogP contribution in [-0.4, -0.2) is 19.4 Å². The van der Waals surface area contributed by atoms with E-state index >= 15 is 0 Å². The first-order chi connectivity index (χ1) is 6.84. The lowest BCUT2D eigenvalue weighted by Gasteiger charge is -2.24. The van der Waals surface area contributed by atoms with E-state index in [-0.39, 0.29) is 18.6 Å². The zero-order valence-electron chi connectivity index (χ0n) is 8.41. The number of ether oxygens (including phenoxy) is 1. The van der Waals surface area contributed by atoms with Crippen LogP contribution in [0.3, 0.4) is 0 Å². The van der Waals surface area contributed by atoms with Crippen molar-refractivity contribution in [3.63, 3.8) is 0 Å². The van der Waals surface area contributed by atoms with Gasteiger partial charge >= 0.3 is 0 Å². The molecule has 15 heavy (non-hydrogen) atoms. The van der Waals surface area contributed by atoms with Gasteiger partial charge in [-0.1, -0.05) is 23.7 Å². The normalized spacial score (nSPS) is 20.7. The summed E-state index contributed by atoms with van der Waals surface area (Å²) in [6.45, 7) is 1.92. The van der Waals surface area contributed by atoms with Gasteiger partial charge in [-0.2, -0.15) is 0 Å². The smallest absolute Gasteiger partial charge is 0.112 e. The predicted octanol–water partition coefficient (Wildman–Crippen LogP) is 2.64. The Morgan fingerprint density at radius 1 is 1.33 bits per heavy atom. The summed E-state index contributed by atoms with van der Waals surface area (Å²) in [4.78, 5) is 0. The van der Waals surface area contributed by atoms with Crippen molar-refractivity contribution in [1.29, 1.82) is 0 Å². The molecular weight excluding hydrogens is 233 g/mol. The first-order valence-electron chi connectivity index (χ1n) is 4.94. The van der Waals surface area contributed by atoms with Crippen LogP contribution in [0.1, 0.15) is 12.0 Å². The molecule has 4 heteroatoms. The predicted molar refractivity (Wildman–Crippen MR) is 64.8 cm³/mol. The van der Waals surface area contributed by atoms with Gasteiger partial charge in [-0.25, -0.2) is 0 Å². The quantitative estimate of drug-likeness (QED) is 0.868. The van der Waals surface area contributed by atoms with Gasteiger partial charge < -0.3 is 4.74 Å². The van der Waals surface area contributed by atoms with E-state index in [9.17, 15) is 0 Å². The van der Waals surface area contributed by atoms with Gasteiger partial charge in [0.25, 0.3) is 0 Å². The molecule has 1 heterocycles. The van der Waals surface area contributed by atoms with Gasteiger partial charge in [0, 0.05) is 18.1 Å². The van der Waals surface area contributed by atoms with Crippen LogP contribution in [0.25, 0.3) is 0 Å². The molecule has 1 aliphatic rings. The third-order valence-electron chi connectivity index (χ3n) is 2.35. The molecule has 2 nitrogen and oxygen atoms in total. The van der Waals surface area contributed by atoms with Crippen LogP contribution in [0, 0.1) is 0 Å². The van der Waals surface area contributed by atoms with Crippen molar-refractivity contribution >= 4 is 24.0 Å². The maximum Gasteiger partial charge on any atom is 0.112 e.